The maximum absolute atomic E-state index is 4.91. The van der Waals surface area contributed by atoms with Gasteiger partial charge in [-0.25, -0.2) is 29.9 Å². The molecule has 7 aromatic rings. The molecule has 6 nitrogen and oxygen atoms in total. The van der Waals surface area contributed by atoms with Crippen LogP contribution in [0.1, 0.15) is 18.7 Å². The van der Waals surface area contributed by atoms with E-state index in [2.05, 4.69) is 66.8 Å². The van der Waals surface area contributed by atoms with E-state index in [1.54, 1.807) is 0 Å². The van der Waals surface area contributed by atoms with Crippen molar-refractivity contribution in [1.29, 1.82) is 0 Å². The molecule has 0 saturated heterocycles. The highest BCUT2D eigenvalue weighted by atomic mass is 15.0. The third-order valence-electron chi connectivity index (χ3n) is 8.29. The Balaban J connectivity index is 1.11. The Morgan fingerprint density at radius 3 is 0.958 bits per heavy atom. The van der Waals surface area contributed by atoms with Gasteiger partial charge in [0.2, 0.25) is 0 Å². The predicted octanol–water partition coefficient (Wildman–Crippen LogP) is 9.79. The minimum atomic E-state index is 0.632. The highest BCUT2D eigenvalue weighted by Crippen LogP contribution is 2.30. The van der Waals surface area contributed by atoms with Gasteiger partial charge in [-0.05, 0) is 29.5 Å². The lowest BCUT2D eigenvalue weighted by Gasteiger charge is -2.12. The van der Waals surface area contributed by atoms with Crippen molar-refractivity contribution in [3.05, 3.63) is 164 Å². The molecule has 0 fully saturated rings. The third-order valence-corrected chi connectivity index (χ3v) is 8.29. The van der Waals surface area contributed by atoms with Gasteiger partial charge in [0.15, 0.2) is 34.9 Å². The van der Waals surface area contributed by atoms with Gasteiger partial charge in [0.1, 0.15) is 0 Å². The second-order valence-electron chi connectivity index (χ2n) is 11.5. The summed E-state index contributed by atoms with van der Waals surface area (Å²) in [6.45, 7) is 0. The zero-order valence-electron chi connectivity index (χ0n) is 26.1. The van der Waals surface area contributed by atoms with E-state index in [4.69, 9.17) is 29.9 Å². The van der Waals surface area contributed by atoms with Crippen molar-refractivity contribution in [2.24, 2.45) is 0 Å². The molecule has 0 aliphatic heterocycles. The average molecular weight is 619 g/mol. The number of nitrogens with zero attached hydrogens (tertiary/aromatic N) is 6. The van der Waals surface area contributed by atoms with Crippen LogP contribution in [0.5, 0.6) is 0 Å². The van der Waals surface area contributed by atoms with Crippen molar-refractivity contribution < 1.29 is 0 Å². The van der Waals surface area contributed by atoms with Crippen LogP contribution in [0.4, 0.5) is 0 Å². The molecule has 0 N–H and O–H groups in total. The summed E-state index contributed by atoms with van der Waals surface area (Å²) in [4.78, 5) is 29.2. The molecule has 0 unspecified atom stereocenters. The number of benzene rings is 5. The second kappa shape index (κ2) is 13.1. The van der Waals surface area contributed by atoms with E-state index >= 15 is 0 Å². The highest BCUT2D eigenvalue weighted by molar-refractivity contribution is 5.73. The Hall–Kier alpha value is -6.40. The molecule has 228 valence electrons. The zero-order valence-corrected chi connectivity index (χ0v) is 26.1. The minimum absolute atomic E-state index is 0.632. The molecule has 0 amide bonds. The van der Waals surface area contributed by atoms with E-state index in [0.717, 1.165) is 63.2 Å². The fraction of sp³-hybridized carbons (Fsp3) is 0.0476. The van der Waals surface area contributed by atoms with Crippen LogP contribution in [0.25, 0.3) is 73.6 Å². The van der Waals surface area contributed by atoms with Crippen LogP contribution in [0.2, 0.25) is 0 Å². The zero-order chi connectivity index (χ0) is 32.1. The van der Waals surface area contributed by atoms with Gasteiger partial charge in [-0.15, -0.1) is 0 Å². The molecule has 1 aliphatic rings. The molecule has 48 heavy (non-hydrogen) atoms. The summed E-state index contributed by atoms with van der Waals surface area (Å²) in [5.74, 6) is 3.99. The van der Waals surface area contributed by atoms with E-state index in [0.29, 0.717) is 29.1 Å². The summed E-state index contributed by atoms with van der Waals surface area (Å²) in [6, 6.07) is 46.9. The SMILES string of the molecule is C1=CCCC(c2nc(-c3ccccc3)nc(-c3ccc(-c4ccc(-c5nc(-c6ccccc6)nc(-c6ccccc6)n5)cc4)cc3)n2)=C1. The van der Waals surface area contributed by atoms with Crippen LogP contribution in [0, 0.1) is 0 Å². The summed E-state index contributed by atoms with van der Waals surface area (Å²) in [5, 5.41) is 0. The molecule has 0 radical (unpaired) electrons. The van der Waals surface area contributed by atoms with Gasteiger partial charge in [-0.2, -0.15) is 0 Å². The van der Waals surface area contributed by atoms with Gasteiger partial charge >= 0.3 is 0 Å². The lowest BCUT2D eigenvalue weighted by Crippen LogP contribution is -2.03. The molecule has 8 rings (SSSR count). The monoisotopic (exact) mass is 618 g/mol. The lowest BCUT2D eigenvalue weighted by molar-refractivity contribution is 0.978. The summed E-state index contributed by atoms with van der Waals surface area (Å²) >= 11 is 0. The summed E-state index contributed by atoms with van der Waals surface area (Å²) < 4.78 is 0. The van der Waals surface area contributed by atoms with E-state index in [1.165, 1.54) is 0 Å². The first-order chi connectivity index (χ1) is 23.8. The molecule has 2 heterocycles. The van der Waals surface area contributed by atoms with Gasteiger partial charge in [0.25, 0.3) is 0 Å². The Morgan fingerprint density at radius 2 is 0.625 bits per heavy atom. The van der Waals surface area contributed by atoms with Crippen LogP contribution in [-0.4, -0.2) is 29.9 Å². The molecular weight excluding hydrogens is 589 g/mol. The molecule has 0 bridgehead atoms. The van der Waals surface area contributed by atoms with E-state index in [1.807, 2.05) is 91.0 Å². The van der Waals surface area contributed by atoms with E-state index < -0.39 is 0 Å². The van der Waals surface area contributed by atoms with Crippen LogP contribution >= 0.6 is 0 Å². The van der Waals surface area contributed by atoms with Crippen LogP contribution < -0.4 is 0 Å². The number of allylic oxidation sites excluding steroid dienone is 4. The molecule has 1 aliphatic carbocycles. The average Bonchev–Trinajstić information content (AvgIpc) is 3.19. The van der Waals surface area contributed by atoms with Crippen molar-refractivity contribution in [2.45, 2.75) is 12.8 Å². The van der Waals surface area contributed by atoms with E-state index in [-0.39, 0.29) is 0 Å². The Bertz CT molecular complexity index is 2190. The lowest BCUT2D eigenvalue weighted by atomic mass is 10.0. The van der Waals surface area contributed by atoms with E-state index in [9.17, 15) is 0 Å². The van der Waals surface area contributed by atoms with Crippen LogP contribution in [0.15, 0.2) is 158 Å². The molecule has 6 heteroatoms. The fourth-order valence-electron chi connectivity index (χ4n) is 5.72. The van der Waals surface area contributed by atoms with Gasteiger partial charge < -0.3 is 0 Å². The van der Waals surface area contributed by atoms with Crippen molar-refractivity contribution in [3.8, 4) is 68.1 Å². The molecule has 2 aromatic heterocycles. The molecule has 0 spiro atoms. The van der Waals surface area contributed by atoms with Gasteiger partial charge in [-0.1, -0.05) is 158 Å². The van der Waals surface area contributed by atoms with Crippen molar-refractivity contribution in [2.75, 3.05) is 0 Å². The largest absolute Gasteiger partial charge is 0.209 e. The summed E-state index contributed by atoms with van der Waals surface area (Å²) in [6.07, 6.45) is 8.25. The van der Waals surface area contributed by atoms with Gasteiger partial charge in [-0.3, -0.25) is 0 Å². The first kappa shape index (κ1) is 29.0. The highest BCUT2D eigenvalue weighted by Gasteiger charge is 2.15. The quantitative estimate of drug-likeness (QED) is 0.177. The van der Waals surface area contributed by atoms with Crippen molar-refractivity contribution >= 4 is 5.57 Å². The predicted molar refractivity (Wildman–Crippen MR) is 192 cm³/mol. The first-order valence-electron chi connectivity index (χ1n) is 16.0. The second-order valence-corrected chi connectivity index (χ2v) is 11.5. The molecule has 0 atom stereocenters. The summed E-state index contributed by atoms with van der Waals surface area (Å²) in [7, 11) is 0. The Morgan fingerprint density at radius 1 is 0.312 bits per heavy atom. The van der Waals surface area contributed by atoms with Crippen molar-refractivity contribution in [3.63, 3.8) is 0 Å². The first-order valence-corrected chi connectivity index (χ1v) is 16.0. The third kappa shape index (κ3) is 6.19. The van der Waals surface area contributed by atoms with Crippen LogP contribution in [0.3, 0.4) is 0 Å². The number of hydrogen-bond donors (Lipinski definition) is 0. The number of aromatic nitrogens is 6. The Labute approximate surface area is 279 Å². The topological polar surface area (TPSA) is 77.3 Å². The number of rotatable bonds is 7. The number of hydrogen-bond acceptors (Lipinski definition) is 6. The fourth-order valence-corrected chi connectivity index (χ4v) is 5.72. The minimum Gasteiger partial charge on any atom is -0.209 e. The van der Waals surface area contributed by atoms with Crippen molar-refractivity contribution in [1.82, 2.24) is 29.9 Å². The maximum atomic E-state index is 4.91. The smallest absolute Gasteiger partial charge is 0.164 e. The summed E-state index contributed by atoms with van der Waals surface area (Å²) in [5.41, 5.74) is 8.03. The molecule has 5 aromatic carbocycles. The van der Waals surface area contributed by atoms with Gasteiger partial charge in [0.05, 0.1) is 0 Å². The van der Waals surface area contributed by atoms with Gasteiger partial charge in [0, 0.05) is 27.8 Å². The molecular formula is C42H30N6. The maximum Gasteiger partial charge on any atom is 0.164 e. The molecule has 0 saturated carbocycles. The standard InChI is InChI=1S/C42H30N6/c1-5-13-31(14-6-1)37-43-38(32-15-7-2-8-16-32)46-41(45-37)35-25-21-29(22-26-35)30-23-27-36(28-24-30)42-47-39(33-17-9-3-10-18-33)44-40(48-42)34-19-11-4-12-20-34/h1-11,13-19,21-28H,12,20H2. The van der Waals surface area contributed by atoms with Crippen LogP contribution in [-0.2, 0) is 0 Å². The Kier molecular flexibility index (Phi) is 7.95. The normalized spacial score (nSPS) is 12.5.